The first-order valence-electron chi connectivity index (χ1n) is 9.08. The summed E-state index contributed by atoms with van der Waals surface area (Å²) < 4.78 is 61.1. The Morgan fingerprint density at radius 2 is 1.93 bits per heavy atom. The van der Waals surface area contributed by atoms with Crippen molar-refractivity contribution in [3.63, 3.8) is 0 Å². The number of aromatic nitrogens is 2. The molecule has 0 spiro atoms. The van der Waals surface area contributed by atoms with Gasteiger partial charge in [-0.05, 0) is 31.2 Å². The number of nitrogens with two attached hydrogens (primary N) is 1. The molecule has 8 nitrogen and oxygen atoms in total. The molecule has 0 aliphatic carbocycles. The first-order chi connectivity index (χ1) is 13.9. The molecule has 166 valence electrons. The van der Waals surface area contributed by atoms with Gasteiger partial charge in [-0.25, -0.2) is 18.5 Å². The molecule has 0 saturated heterocycles. The summed E-state index contributed by atoms with van der Waals surface area (Å²) in [6, 6.07) is 6.07. The predicted octanol–water partition coefficient (Wildman–Crippen LogP) is 1.27. The number of carbonyl (C=O) groups excluding carboxylic acids is 1. The van der Waals surface area contributed by atoms with E-state index in [1.165, 1.54) is 24.5 Å². The second-order valence-corrected chi connectivity index (χ2v) is 8.42. The zero-order chi connectivity index (χ0) is 22.4. The van der Waals surface area contributed by atoms with Gasteiger partial charge in [0.1, 0.15) is 12.4 Å². The monoisotopic (exact) mass is 447 g/mol. The normalized spacial score (nSPS) is 12.3. The summed E-state index contributed by atoms with van der Waals surface area (Å²) in [6.07, 6.45) is -1.04. The third kappa shape index (κ3) is 8.13. The number of benzene rings is 1. The molecule has 0 fully saturated rings. The van der Waals surface area contributed by atoms with Crippen molar-refractivity contribution in [2.24, 2.45) is 5.14 Å². The molecule has 2 rings (SSSR count). The van der Waals surface area contributed by atoms with E-state index in [-0.39, 0.29) is 29.6 Å². The third-order valence-corrected chi connectivity index (χ3v) is 5.20. The maximum Gasteiger partial charge on any atom is 0.406 e. The van der Waals surface area contributed by atoms with Crippen LogP contribution in [0.25, 0.3) is 0 Å². The SMILES string of the molecule is CN(CCC(=O)NCCc1ccc(S(N)(=O)=O)cc1)Cc1nccn1CC(F)(F)F. The van der Waals surface area contributed by atoms with E-state index in [1.54, 1.807) is 24.1 Å². The van der Waals surface area contributed by atoms with Gasteiger partial charge in [0.15, 0.2) is 0 Å². The number of hydrogen-bond acceptors (Lipinski definition) is 5. The van der Waals surface area contributed by atoms with Gasteiger partial charge in [-0.2, -0.15) is 13.2 Å². The van der Waals surface area contributed by atoms with Crippen LogP contribution in [0.2, 0.25) is 0 Å². The van der Waals surface area contributed by atoms with Crippen LogP contribution in [0.1, 0.15) is 17.8 Å². The average molecular weight is 447 g/mol. The number of rotatable bonds is 10. The maximum atomic E-state index is 12.6. The summed E-state index contributed by atoms with van der Waals surface area (Å²) in [5, 5.41) is 7.79. The molecule has 0 radical (unpaired) electrons. The number of amides is 1. The van der Waals surface area contributed by atoms with Crippen LogP contribution in [0.5, 0.6) is 0 Å². The lowest BCUT2D eigenvalue weighted by molar-refractivity contribution is -0.141. The Labute approximate surface area is 172 Å². The standard InChI is InChI=1S/C18H24F3N5O3S/c1-25(12-16-23-9-11-26(16)13-18(19,20)21)10-7-17(27)24-8-6-14-2-4-15(5-3-14)30(22,28)29/h2-5,9,11H,6-8,10,12-13H2,1H3,(H,24,27)(H2,22,28,29). The fourth-order valence-corrected chi connectivity index (χ4v) is 3.24. The van der Waals surface area contributed by atoms with Crippen molar-refractivity contribution in [2.45, 2.75) is 37.0 Å². The van der Waals surface area contributed by atoms with Gasteiger partial charge in [0, 0.05) is 31.9 Å². The van der Waals surface area contributed by atoms with Crippen molar-refractivity contribution in [1.82, 2.24) is 19.8 Å². The lowest BCUT2D eigenvalue weighted by Crippen LogP contribution is -2.30. The molecule has 1 amide bonds. The van der Waals surface area contributed by atoms with Crippen LogP contribution in [0.3, 0.4) is 0 Å². The topological polar surface area (TPSA) is 110 Å². The van der Waals surface area contributed by atoms with E-state index in [9.17, 15) is 26.4 Å². The quantitative estimate of drug-likeness (QED) is 0.570. The summed E-state index contributed by atoms with van der Waals surface area (Å²) in [7, 11) is -2.03. The lowest BCUT2D eigenvalue weighted by atomic mass is 10.1. The van der Waals surface area contributed by atoms with Crippen molar-refractivity contribution >= 4 is 15.9 Å². The van der Waals surface area contributed by atoms with E-state index in [0.29, 0.717) is 19.5 Å². The Bertz CT molecular complexity index is 943. The van der Waals surface area contributed by atoms with E-state index < -0.39 is 22.7 Å². The largest absolute Gasteiger partial charge is 0.406 e. The number of sulfonamides is 1. The van der Waals surface area contributed by atoms with Gasteiger partial charge in [0.2, 0.25) is 15.9 Å². The summed E-state index contributed by atoms with van der Waals surface area (Å²) >= 11 is 0. The Morgan fingerprint density at radius 1 is 1.27 bits per heavy atom. The number of primary sulfonamides is 1. The van der Waals surface area contributed by atoms with Crippen LogP contribution in [-0.2, 0) is 34.3 Å². The van der Waals surface area contributed by atoms with Crippen LogP contribution in [0.4, 0.5) is 13.2 Å². The number of nitrogens with zero attached hydrogens (tertiary/aromatic N) is 3. The Hall–Kier alpha value is -2.44. The highest BCUT2D eigenvalue weighted by Gasteiger charge is 2.28. The molecule has 1 aromatic heterocycles. The van der Waals surface area contributed by atoms with Gasteiger partial charge in [0.05, 0.1) is 11.4 Å². The zero-order valence-corrected chi connectivity index (χ0v) is 17.2. The molecule has 0 aliphatic rings. The molecule has 0 atom stereocenters. The molecule has 0 saturated carbocycles. The smallest absolute Gasteiger partial charge is 0.356 e. The molecule has 2 aromatic rings. The predicted molar refractivity (Wildman–Crippen MR) is 104 cm³/mol. The highest BCUT2D eigenvalue weighted by atomic mass is 32.2. The van der Waals surface area contributed by atoms with E-state index >= 15 is 0 Å². The minimum absolute atomic E-state index is 0.0224. The van der Waals surface area contributed by atoms with Crippen molar-refractivity contribution in [1.29, 1.82) is 0 Å². The fourth-order valence-electron chi connectivity index (χ4n) is 2.72. The van der Waals surface area contributed by atoms with E-state index in [4.69, 9.17) is 5.14 Å². The Morgan fingerprint density at radius 3 is 2.53 bits per heavy atom. The fraction of sp³-hybridized carbons (Fsp3) is 0.444. The summed E-state index contributed by atoms with van der Waals surface area (Å²) in [5.41, 5.74) is 0.844. The van der Waals surface area contributed by atoms with E-state index in [0.717, 1.165) is 10.1 Å². The van der Waals surface area contributed by atoms with Crippen LogP contribution < -0.4 is 10.5 Å². The van der Waals surface area contributed by atoms with Crippen LogP contribution >= 0.6 is 0 Å². The lowest BCUT2D eigenvalue weighted by Gasteiger charge is -2.17. The van der Waals surface area contributed by atoms with Gasteiger partial charge in [-0.15, -0.1) is 0 Å². The molecule has 0 unspecified atom stereocenters. The number of carbonyl (C=O) groups is 1. The molecular formula is C18H24F3N5O3S. The minimum Gasteiger partial charge on any atom is -0.356 e. The molecule has 1 heterocycles. The Balaban J connectivity index is 1.71. The summed E-state index contributed by atoms with van der Waals surface area (Å²) in [4.78, 5) is 17.7. The number of hydrogen-bond donors (Lipinski definition) is 2. The second-order valence-electron chi connectivity index (χ2n) is 6.86. The van der Waals surface area contributed by atoms with Gasteiger partial charge in [-0.3, -0.25) is 9.69 Å². The van der Waals surface area contributed by atoms with E-state index in [2.05, 4.69) is 10.3 Å². The molecule has 0 aliphatic heterocycles. The van der Waals surface area contributed by atoms with Crippen molar-refractivity contribution in [3.05, 3.63) is 48.0 Å². The van der Waals surface area contributed by atoms with Crippen LogP contribution in [0.15, 0.2) is 41.6 Å². The molecule has 30 heavy (non-hydrogen) atoms. The van der Waals surface area contributed by atoms with Gasteiger partial charge in [-0.1, -0.05) is 12.1 Å². The van der Waals surface area contributed by atoms with Crippen LogP contribution in [0, 0.1) is 0 Å². The number of nitrogens with one attached hydrogen (secondary N) is 1. The maximum absolute atomic E-state index is 12.6. The Kier molecular flexibility index (Phi) is 7.98. The molecule has 3 N–H and O–H groups in total. The highest BCUT2D eigenvalue weighted by Crippen LogP contribution is 2.18. The average Bonchev–Trinajstić information content (AvgIpc) is 3.04. The zero-order valence-electron chi connectivity index (χ0n) is 16.4. The van der Waals surface area contributed by atoms with E-state index in [1.807, 2.05) is 0 Å². The van der Waals surface area contributed by atoms with Gasteiger partial charge >= 0.3 is 6.18 Å². The highest BCUT2D eigenvalue weighted by molar-refractivity contribution is 7.89. The minimum atomic E-state index is -4.33. The second kappa shape index (κ2) is 10.0. The van der Waals surface area contributed by atoms with Gasteiger partial charge in [0.25, 0.3) is 0 Å². The van der Waals surface area contributed by atoms with Crippen molar-refractivity contribution in [2.75, 3.05) is 20.1 Å². The summed E-state index contributed by atoms with van der Waals surface area (Å²) in [5.74, 6) is 0.0832. The van der Waals surface area contributed by atoms with Crippen molar-refractivity contribution < 1.29 is 26.4 Å². The molecule has 12 heteroatoms. The molecular weight excluding hydrogens is 423 g/mol. The number of halogens is 3. The molecule has 0 bridgehead atoms. The number of imidazole rings is 1. The number of alkyl halides is 3. The van der Waals surface area contributed by atoms with Crippen LogP contribution in [-0.4, -0.2) is 55.1 Å². The summed E-state index contributed by atoms with van der Waals surface area (Å²) in [6.45, 7) is -0.192. The first kappa shape index (κ1) is 23.8. The van der Waals surface area contributed by atoms with Crippen molar-refractivity contribution in [3.8, 4) is 0 Å². The third-order valence-electron chi connectivity index (χ3n) is 4.27. The first-order valence-corrected chi connectivity index (χ1v) is 10.6. The van der Waals surface area contributed by atoms with Gasteiger partial charge < -0.3 is 9.88 Å². The molecule has 1 aromatic carbocycles.